The van der Waals surface area contributed by atoms with Crippen molar-refractivity contribution < 1.29 is 4.79 Å². The number of fused-ring (bicyclic) bond motifs is 1. The number of nitrogens with zero attached hydrogens (tertiary/aromatic N) is 2. The maximum absolute atomic E-state index is 12.4. The highest BCUT2D eigenvalue weighted by molar-refractivity contribution is 6.30. The van der Waals surface area contributed by atoms with Crippen molar-refractivity contribution in [3.8, 4) is 0 Å². The van der Waals surface area contributed by atoms with Gasteiger partial charge in [0.15, 0.2) is 5.78 Å². The summed E-state index contributed by atoms with van der Waals surface area (Å²) in [6.45, 7) is 3.90. The standard InChI is InChI=1S/C18H13ClN2O2/c1-12(17(22)13-6-8-14(19)9-7-13)10-21-11-20-16-5-3-2-4-15(16)18(21)23/h2-9,11H,1,10H2. The van der Waals surface area contributed by atoms with E-state index >= 15 is 0 Å². The van der Waals surface area contributed by atoms with Crippen LogP contribution in [-0.4, -0.2) is 15.3 Å². The predicted octanol–water partition coefficient (Wildman–Crippen LogP) is 3.49. The van der Waals surface area contributed by atoms with Crippen molar-refractivity contribution in [3.05, 3.63) is 88.0 Å². The zero-order chi connectivity index (χ0) is 16.4. The van der Waals surface area contributed by atoms with Gasteiger partial charge in [0.1, 0.15) is 0 Å². The molecule has 0 bridgehead atoms. The van der Waals surface area contributed by atoms with Gasteiger partial charge in [-0.3, -0.25) is 14.2 Å². The second kappa shape index (κ2) is 6.18. The summed E-state index contributed by atoms with van der Waals surface area (Å²) in [6.07, 6.45) is 1.44. The van der Waals surface area contributed by atoms with Gasteiger partial charge in [0, 0.05) is 16.2 Å². The van der Waals surface area contributed by atoms with Gasteiger partial charge in [-0.25, -0.2) is 4.98 Å². The number of carbonyl (C=O) groups excluding carboxylic acids is 1. The van der Waals surface area contributed by atoms with Crippen LogP contribution in [0.3, 0.4) is 0 Å². The number of para-hydroxylation sites is 1. The monoisotopic (exact) mass is 324 g/mol. The molecule has 2 aromatic carbocycles. The first-order chi connectivity index (χ1) is 11.1. The number of aromatic nitrogens is 2. The van der Waals surface area contributed by atoms with Crippen molar-refractivity contribution in [1.82, 2.24) is 9.55 Å². The zero-order valence-corrected chi connectivity index (χ0v) is 13.0. The number of halogens is 1. The summed E-state index contributed by atoms with van der Waals surface area (Å²) in [7, 11) is 0. The van der Waals surface area contributed by atoms with Gasteiger partial charge in [-0.05, 0) is 36.4 Å². The molecule has 0 N–H and O–H groups in total. The predicted molar refractivity (Wildman–Crippen MR) is 90.9 cm³/mol. The number of allylic oxidation sites excluding steroid dienone is 1. The molecule has 0 amide bonds. The molecule has 5 heteroatoms. The SMILES string of the molecule is C=C(Cn1cnc2ccccc2c1=O)C(=O)c1ccc(Cl)cc1. The van der Waals surface area contributed by atoms with Crippen LogP contribution in [0, 0.1) is 0 Å². The maximum Gasteiger partial charge on any atom is 0.261 e. The summed E-state index contributed by atoms with van der Waals surface area (Å²) in [6, 6.07) is 13.7. The van der Waals surface area contributed by atoms with Crippen LogP contribution in [-0.2, 0) is 6.54 Å². The molecule has 1 aromatic heterocycles. The molecule has 3 aromatic rings. The van der Waals surface area contributed by atoms with Gasteiger partial charge in [0.05, 0.1) is 23.8 Å². The Morgan fingerprint density at radius 3 is 2.57 bits per heavy atom. The molecule has 23 heavy (non-hydrogen) atoms. The van der Waals surface area contributed by atoms with Crippen molar-refractivity contribution in [2.45, 2.75) is 6.54 Å². The van der Waals surface area contributed by atoms with E-state index in [1.54, 1.807) is 42.5 Å². The van der Waals surface area contributed by atoms with Crippen LogP contribution in [0.1, 0.15) is 10.4 Å². The normalized spacial score (nSPS) is 10.7. The van der Waals surface area contributed by atoms with E-state index in [0.29, 0.717) is 27.1 Å². The molecule has 0 aliphatic heterocycles. The van der Waals surface area contributed by atoms with Crippen molar-refractivity contribution in [2.24, 2.45) is 0 Å². The first-order valence-corrected chi connectivity index (χ1v) is 7.36. The van der Waals surface area contributed by atoms with Crippen molar-refractivity contribution in [1.29, 1.82) is 0 Å². The summed E-state index contributed by atoms with van der Waals surface area (Å²) in [5, 5.41) is 1.07. The third-order valence-electron chi connectivity index (χ3n) is 3.52. The molecule has 0 spiro atoms. The number of carbonyl (C=O) groups is 1. The van der Waals surface area contributed by atoms with E-state index in [-0.39, 0.29) is 17.9 Å². The Morgan fingerprint density at radius 1 is 1.13 bits per heavy atom. The molecular formula is C18H13ClN2O2. The average Bonchev–Trinajstić information content (AvgIpc) is 2.57. The third kappa shape index (κ3) is 3.07. The molecule has 114 valence electrons. The first-order valence-electron chi connectivity index (χ1n) is 6.98. The smallest absolute Gasteiger partial charge is 0.261 e. The lowest BCUT2D eigenvalue weighted by molar-refractivity contribution is 0.102. The van der Waals surface area contributed by atoms with Crippen LogP contribution in [0.4, 0.5) is 0 Å². The molecular weight excluding hydrogens is 312 g/mol. The molecule has 0 saturated carbocycles. The number of ketones is 1. The van der Waals surface area contributed by atoms with E-state index in [0.717, 1.165) is 0 Å². The topological polar surface area (TPSA) is 52.0 Å². The van der Waals surface area contributed by atoms with Gasteiger partial charge >= 0.3 is 0 Å². The summed E-state index contributed by atoms with van der Waals surface area (Å²) >= 11 is 5.81. The highest BCUT2D eigenvalue weighted by atomic mass is 35.5. The van der Waals surface area contributed by atoms with Gasteiger partial charge < -0.3 is 0 Å². The van der Waals surface area contributed by atoms with E-state index < -0.39 is 0 Å². The van der Waals surface area contributed by atoms with Gasteiger partial charge in [0.2, 0.25) is 0 Å². The number of hydrogen-bond acceptors (Lipinski definition) is 3. The number of benzene rings is 2. The van der Waals surface area contributed by atoms with Crippen LogP contribution >= 0.6 is 11.6 Å². The molecule has 0 saturated heterocycles. The summed E-state index contributed by atoms with van der Waals surface area (Å²) in [4.78, 5) is 29.0. The Kier molecular flexibility index (Phi) is 4.08. The number of Topliss-reactive ketones (excluding diaryl/α,β-unsaturated/α-hetero) is 1. The Bertz CT molecular complexity index is 959. The van der Waals surface area contributed by atoms with Crippen molar-refractivity contribution >= 4 is 28.3 Å². The fourth-order valence-corrected chi connectivity index (χ4v) is 2.43. The second-order valence-corrected chi connectivity index (χ2v) is 5.57. The van der Waals surface area contributed by atoms with E-state index in [9.17, 15) is 9.59 Å². The Hall–Kier alpha value is -2.72. The molecule has 0 atom stereocenters. The number of rotatable bonds is 4. The summed E-state index contributed by atoms with van der Waals surface area (Å²) < 4.78 is 1.39. The lowest BCUT2D eigenvalue weighted by Gasteiger charge is -2.09. The Morgan fingerprint density at radius 2 is 1.83 bits per heavy atom. The van der Waals surface area contributed by atoms with Gasteiger partial charge in [-0.2, -0.15) is 0 Å². The highest BCUT2D eigenvalue weighted by Crippen LogP contribution is 2.13. The van der Waals surface area contributed by atoms with E-state index in [1.165, 1.54) is 10.9 Å². The third-order valence-corrected chi connectivity index (χ3v) is 3.77. The minimum Gasteiger partial charge on any atom is -0.294 e. The lowest BCUT2D eigenvalue weighted by atomic mass is 10.0. The quantitative estimate of drug-likeness (QED) is 0.545. The lowest BCUT2D eigenvalue weighted by Crippen LogP contribution is -2.23. The summed E-state index contributed by atoms with van der Waals surface area (Å²) in [5.41, 5.74) is 1.23. The van der Waals surface area contributed by atoms with E-state index in [2.05, 4.69) is 11.6 Å². The van der Waals surface area contributed by atoms with Crippen LogP contribution in [0.5, 0.6) is 0 Å². The number of hydrogen-bond donors (Lipinski definition) is 0. The van der Waals surface area contributed by atoms with E-state index in [1.807, 2.05) is 6.07 Å². The summed E-state index contributed by atoms with van der Waals surface area (Å²) in [5.74, 6) is -0.221. The molecule has 0 unspecified atom stereocenters. The minimum absolute atomic E-state index is 0.0954. The first kappa shape index (κ1) is 15.2. The molecule has 3 rings (SSSR count). The molecule has 0 fully saturated rings. The van der Waals surface area contributed by atoms with Crippen molar-refractivity contribution in [3.63, 3.8) is 0 Å². The molecule has 0 aliphatic carbocycles. The molecule has 1 heterocycles. The zero-order valence-electron chi connectivity index (χ0n) is 12.2. The van der Waals surface area contributed by atoms with Crippen LogP contribution in [0.25, 0.3) is 10.9 Å². The molecule has 0 radical (unpaired) electrons. The fourth-order valence-electron chi connectivity index (χ4n) is 2.30. The van der Waals surface area contributed by atoms with E-state index in [4.69, 9.17) is 11.6 Å². The molecule has 4 nitrogen and oxygen atoms in total. The van der Waals surface area contributed by atoms with Gasteiger partial charge in [0.25, 0.3) is 5.56 Å². The average molecular weight is 325 g/mol. The van der Waals surface area contributed by atoms with Gasteiger partial charge in [-0.1, -0.05) is 30.3 Å². The van der Waals surface area contributed by atoms with Crippen LogP contribution in [0.15, 0.2) is 71.8 Å². The second-order valence-electron chi connectivity index (χ2n) is 5.13. The largest absolute Gasteiger partial charge is 0.294 e. The van der Waals surface area contributed by atoms with Crippen LogP contribution in [0.2, 0.25) is 5.02 Å². The maximum atomic E-state index is 12.4. The van der Waals surface area contributed by atoms with Crippen LogP contribution < -0.4 is 5.56 Å². The molecule has 0 aliphatic rings. The van der Waals surface area contributed by atoms with Crippen molar-refractivity contribution in [2.75, 3.05) is 0 Å². The Labute approximate surface area is 137 Å². The fraction of sp³-hybridized carbons (Fsp3) is 0.0556. The van der Waals surface area contributed by atoms with Gasteiger partial charge in [-0.15, -0.1) is 0 Å². The highest BCUT2D eigenvalue weighted by Gasteiger charge is 2.12. The Balaban J connectivity index is 1.88. The minimum atomic E-state index is -0.221.